The maximum Gasteiger partial charge on any atom is 0.227 e. The number of para-hydroxylation sites is 1. The van der Waals surface area contributed by atoms with Gasteiger partial charge in [-0.3, -0.25) is 4.90 Å². The summed E-state index contributed by atoms with van der Waals surface area (Å²) in [5.74, 6) is 1.67. The number of hydrogen-bond donors (Lipinski definition) is 2. The van der Waals surface area contributed by atoms with E-state index < -0.39 is 0 Å². The maximum absolute atomic E-state index is 9.11. The Morgan fingerprint density at radius 1 is 1.15 bits per heavy atom. The van der Waals surface area contributed by atoms with Crippen molar-refractivity contribution in [2.24, 2.45) is 0 Å². The molecule has 2 fully saturated rings. The van der Waals surface area contributed by atoms with Gasteiger partial charge < -0.3 is 20.1 Å². The molecule has 7 nitrogen and oxygen atoms in total. The van der Waals surface area contributed by atoms with Gasteiger partial charge in [0.1, 0.15) is 5.82 Å². The fourth-order valence-corrected chi connectivity index (χ4v) is 3.67. The second kappa shape index (κ2) is 8.16. The number of benzene rings is 1. The number of aliphatic hydroxyl groups excluding tert-OH is 1. The van der Waals surface area contributed by atoms with Crippen LogP contribution in [0.2, 0.25) is 0 Å². The van der Waals surface area contributed by atoms with E-state index in [1.807, 2.05) is 18.2 Å². The van der Waals surface area contributed by atoms with Crippen LogP contribution in [0.15, 0.2) is 24.3 Å². The van der Waals surface area contributed by atoms with Crippen molar-refractivity contribution in [3.05, 3.63) is 24.3 Å². The number of rotatable bonds is 6. The second-order valence-electron chi connectivity index (χ2n) is 6.96. The molecular formula is C19H27N5O2. The van der Waals surface area contributed by atoms with Crippen LogP contribution in [0, 0.1) is 0 Å². The molecule has 1 atom stereocenters. The first-order chi connectivity index (χ1) is 12.8. The minimum Gasteiger partial charge on any atom is -0.395 e. The van der Waals surface area contributed by atoms with Crippen molar-refractivity contribution in [3.63, 3.8) is 0 Å². The number of aromatic nitrogens is 2. The molecule has 2 aliphatic rings. The fourth-order valence-electron chi connectivity index (χ4n) is 3.67. The Hall–Kier alpha value is -1.96. The molecule has 0 unspecified atom stereocenters. The molecule has 2 aromatic rings. The lowest BCUT2D eigenvalue weighted by molar-refractivity contribution is 0.120. The molecule has 26 heavy (non-hydrogen) atoms. The van der Waals surface area contributed by atoms with E-state index in [1.54, 1.807) is 0 Å². The summed E-state index contributed by atoms with van der Waals surface area (Å²) in [5, 5.41) is 13.6. The van der Waals surface area contributed by atoms with Gasteiger partial charge in [-0.05, 0) is 25.0 Å². The summed E-state index contributed by atoms with van der Waals surface area (Å²) in [4.78, 5) is 14.1. The Balaban J connectivity index is 1.53. The van der Waals surface area contributed by atoms with Crippen LogP contribution in [0.1, 0.15) is 12.8 Å². The smallest absolute Gasteiger partial charge is 0.227 e. The quantitative estimate of drug-likeness (QED) is 0.808. The number of hydrogen-bond acceptors (Lipinski definition) is 7. The molecule has 0 saturated carbocycles. The first-order valence-corrected chi connectivity index (χ1v) is 9.54. The third-order valence-corrected chi connectivity index (χ3v) is 5.18. The van der Waals surface area contributed by atoms with Crippen LogP contribution in [0.5, 0.6) is 0 Å². The molecule has 2 aliphatic heterocycles. The van der Waals surface area contributed by atoms with E-state index in [0.717, 1.165) is 81.4 Å². The third kappa shape index (κ3) is 3.90. The number of aliphatic hydroxyl groups is 1. The average Bonchev–Trinajstić information content (AvgIpc) is 3.20. The molecule has 2 N–H and O–H groups in total. The van der Waals surface area contributed by atoms with Crippen LogP contribution in [0.25, 0.3) is 10.9 Å². The zero-order valence-electron chi connectivity index (χ0n) is 15.1. The van der Waals surface area contributed by atoms with Crippen LogP contribution < -0.4 is 10.2 Å². The minimum absolute atomic E-state index is 0.212. The lowest BCUT2D eigenvalue weighted by Crippen LogP contribution is -2.47. The first-order valence-electron chi connectivity index (χ1n) is 9.54. The molecule has 1 aromatic carbocycles. The first kappa shape index (κ1) is 17.5. The SMILES string of the molecule is OCCN1CCN(c2nc(NC[C@H]3CCCO3)c3ccccc3n2)CC1. The zero-order valence-corrected chi connectivity index (χ0v) is 15.1. The largest absolute Gasteiger partial charge is 0.395 e. The normalized spacial score (nSPS) is 21.4. The molecule has 7 heteroatoms. The zero-order chi connectivity index (χ0) is 17.8. The molecule has 0 amide bonds. The van der Waals surface area contributed by atoms with Crippen molar-refractivity contribution in [1.29, 1.82) is 0 Å². The van der Waals surface area contributed by atoms with Gasteiger partial charge in [-0.15, -0.1) is 0 Å². The van der Waals surface area contributed by atoms with Crippen molar-refractivity contribution in [1.82, 2.24) is 14.9 Å². The molecule has 0 spiro atoms. The van der Waals surface area contributed by atoms with E-state index in [2.05, 4.69) is 21.2 Å². The topological polar surface area (TPSA) is 73.8 Å². The molecule has 1 aromatic heterocycles. The Morgan fingerprint density at radius 3 is 2.77 bits per heavy atom. The van der Waals surface area contributed by atoms with Crippen LogP contribution >= 0.6 is 0 Å². The number of anilines is 2. The van der Waals surface area contributed by atoms with Gasteiger partial charge in [0, 0.05) is 51.3 Å². The Bertz CT molecular complexity index is 727. The lowest BCUT2D eigenvalue weighted by atomic mass is 10.2. The summed E-state index contributed by atoms with van der Waals surface area (Å²) in [6.07, 6.45) is 2.52. The number of nitrogens with zero attached hydrogens (tertiary/aromatic N) is 4. The van der Waals surface area contributed by atoms with Crippen LogP contribution in [-0.2, 0) is 4.74 Å². The summed E-state index contributed by atoms with van der Waals surface area (Å²) in [5.41, 5.74) is 0.963. The number of β-amino-alcohol motifs (C(OH)–C–C–N with tert-alkyl or cyclic N) is 1. The van der Waals surface area contributed by atoms with Gasteiger partial charge >= 0.3 is 0 Å². The summed E-state index contributed by atoms with van der Waals surface area (Å²) in [6, 6.07) is 8.15. The van der Waals surface area contributed by atoms with Crippen molar-refractivity contribution in [3.8, 4) is 0 Å². The summed E-state index contributed by atoms with van der Waals surface area (Å²) >= 11 is 0. The maximum atomic E-state index is 9.11. The highest BCUT2D eigenvalue weighted by molar-refractivity contribution is 5.90. The van der Waals surface area contributed by atoms with Gasteiger partial charge in [0.05, 0.1) is 18.2 Å². The van der Waals surface area contributed by atoms with E-state index in [4.69, 9.17) is 19.8 Å². The minimum atomic E-state index is 0.212. The predicted octanol–water partition coefficient (Wildman–Crippen LogP) is 1.33. The molecule has 0 bridgehead atoms. The molecule has 0 aliphatic carbocycles. The van der Waals surface area contributed by atoms with Gasteiger partial charge in [-0.25, -0.2) is 4.98 Å². The van der Waals surface area contributed by atoms with Crippen molar-refractivity contribution >= 4 is 22.7 Å². The second-order valence-corrected chi connectivity index (χ2v) is 6.96. The van der Waals surface area contributed by atoms with Crippen LogP contribution in [0.4, 0.5) is 11.8 Å². The number of ether oxygens (including phenoxy) is 1. The fraction of sp³-hybridized carbons (Fsp3) is 0.579. The standard InChI is InChI=1S/C19H27N5O2/c25-12-11-23-7-9-24(10-8-23)19-21-17-6-2-1-5-16(17)18(22-19)20-14-15-4-3-13-26-15/h1-2,5-6,15,25H,3-4,7-14H2,(H,20,21,22)/t15-/m1/s1. The van der Waals surface area contributed by atoms with Crippen LogP contribution in [0.3, 0.4) is 0 Å². The van der Waals surface area contributed by atoms with Crippen molar-refractivity contribution in [2.45, 2.75) is 18.9 Å². The number of piperazine rings is 1. The summed E-state index contributed by atoms with van der Waals surface area (Å²) in [7, 11) is 0. The Kier molecular flexibility index (Phi) is 5.48. The van der Waals surface area contributed by atoms with Crippen molar-refractivity contribution in [2.75, 3.05) is 62.7 Å². The van der Waals surface area contributed by atoms with Gasteiger partial charge in [-0.1, -0.05) is 12.1 Å². The van der Waals surface area contributed by atoms with Crippen LogP contribution in [-0.4, -0.2) is 78.6 Å². The predicted molar refractivity (Wildman–Crippen MR) is 103 cm³/mol. The Morgan fingerprint density at radius 2 is 2.00 bits per heavy atom. The molecule has 2 saturated heterocycles. The van der Waals surface area contributed by atoms with E-state index in [0.29, 0.717) is 0 Å². The van der Waals surface area contributed by atoms with E-state index >= 15 is 0 Å². The molecule has 140 valence electrons. The van der Waals surface area contributed by atoms with E-state index in [1.165, 1.54) is 0 Å². The monoisotopic (exact) mass is 357 g/mol. The highest BCUT2D eigenvalue weighted by atomic mass is 16.5. The highest BCUT2D eigenvalue weighted by Gasteiger charge is 2.21. The van der Waals surface area contributed by atoms with Gasteiger partial charge in [0.2, 0.25) is 5.95 Å². The molecular weight excluding hydrogens is 330 g/mol. The van der Waals surface area contributed by atoms with E-state index in [9.17, 15) is 0 Å². The van der Waals surface area contributed by atoms with Gasteiger partial charge in [-0.2, -0.15) is 4.98 Å². The molecule has 3 heterocycles. The van der Waals surface area contributed by atoms with Gasteiger partial charge in [0.15, 0.2) is 0 Å². The highest BCUT2D eigenvalue weighted by Crippen LogP contribution is 2.24. The number of nitrogens with one attached hydrogen (secondary N) is 1. The average molecular weight is 357 g/mol. The summed E-state index contributed by atoms with van der Waals surface area (Å²) in [6.45, 7) is 6.20. The lowest BCUT2D eigenvalue weighted by Gasteiger charge is -2.34. The van der Waals surface area contributed by atoms with Crippen molar-refractivity contribution < 1.29 is 9.84 Å². The molecule has 4 rings (SSSR count). The third-order valence-electron chi connectivity index (χ3n) is 5.18. The summed E-state index contributed by atoms with van der Waals surface area (Å²) < 4.78 is 5.73. The van der Waals surface area contributed by atoms with E-state index in [-0.39, 0.29) is 12.7 Å². The Labute approximate surface area is 154 Å². The van der Waals surface area contributed by atoms with Gasteiger partial charge in [0.25, 0.3) is 0 Å². The molecule has 0 radical (unpaired) electrons. The number of fused-ring (bicyclic) bond motifs is 1.